The van der Waals surface area contributed by atoms with E-state index in [-0.39, 0.29) is 5.41 Å². The number of para-hydroxylation sites is 2. The van der Waals surface area contributed by atoms with Crippen LogP contribution in [-0.4, -0.2) is 14.5 Å². The molecule has 5 rings (SSSR count). The Bertz CT molecular complexity index is 1410. The molecule has 0 atom stereocenters. The molecule has 5 aromatic rings. The number of nitrogens with zero attached hydrogens (tertiary/aromatic N) is 2. The van der Waals surface area contributed by atoms with E-state index in [9.17, 15) is 0 Å². The van der Waals surface area contributed by atoms with Crippen molar-refractivity contribution in [3.63, 3.8) is 0 Å². The Morgan fingerprint density at radius 3 is 2.03 bits per heavy atom. The van der Waals surface area contributed by atoms with E-state index in [1.807, 2.05) is 0 Å². The van der Waals surface area contributed by atoms with Gasteiger partial charge >= 0.3 is 0 Å². The first kappa shape index (κ1) is 23.2. The maximum atomic E-state index is 5.33. The van der Waals surface area contributed by atoms with Crippen molar-refractivity contribution in [3.8, 4) is 17.2 Å². The van der Waals surface area contributed by atoms with Crippen LogP contribution in [0.2, 0.25) is 0 Å². The number of fused-ring (bicyclic) bond motifs is 1. The lowest BCUT2D eigenvalue weighted by Gasteiger charge is -2.23. The normalized spacial score (nSPS) is 12.2. The van der Waals surface area contributed by atoms with Gasteiger partial charge in [-0.3, -0.25) is 4.57 Å². The molecule has 0 amide bonds. The lowest BCUT2D eigenvalue weighted by Crippen LogP contribution is -2.19. The number of aromatic amines is 1. The van der Waals surface area contributed by atoms with E-state index in [4.69, 9.17) is 4.98 Å². The van der Waals surface area contributed by atoms with Crippen molar-refractivity contribution < 1.29 is 0 Å². The molecular formula is C32H35N3. The summed E-state index contributed by atoms with van der Waals surface area (Å²) in [6.07, 6.45) is 2.26. The zero-order chi connectivity index (χ0) is 24.7. The Morgan fingerprint density at radius 1 is 0.771 bits per heavy atom. The topological polar surface area (TPSA) is 33.6 Å². The smallest absolute Gasteiger partial charge is 0.161 e. The van der Waals surface area contributed by atoms with Gasteiger partial charge in [-0.2, -0.15) is 0 Å². The Balaban J connectivity index is 1.81. The van der Waals surface area contributed by atoms with E-state index in [1.165, 1.54) is 27.8 Å². The quantitative estimate of drug-likeness (QED) is 0.270. The monoisotopic (exact) mass is 461 g/mol. The minimum absolute atomic E-state index is 0.238. The van der Waals surface area contributed by atoms with Crippen LogP contribution in [0.3, 0.4) is 0 Å². The maximum Gasteiger partial charge on any atom is 0.161 e. The van der Waals surface area contributed by atoms with E-state index >= 15 is 0 Å². The van der Waals surface area contributed by atoms with Gasteiger partial charge in [0, 0.05) is 22.5 Å². The predicted octanol–water partition coefficient (Wildman–Crippen LogP) is 8.59. The van der Waals surface area contributed by atoms with E-state index in [1.54, 1.807) is 0 Å². The first-order valence-electron chi connectivity index (χ1n) is 12.6. The fourth-order valence-corrected chi connectivity index (χ4v) is 5.03. The predicted molar refractivity (Wildman–Crippen MR) is 148 cm³/mol. The Labute approximate surface area is 208 Å². The van der Waals surface area contributed by atoms with Crippen LogP contribution in [0, 0.1) is 0 Å². The summed E-state index contributed by atoms with van der Waals surface area (Å²) in [5.74, 6) is 1.75. The molecule has 3 heteroatoms. The van der Waals surface area contributed by atoms with Gasteiger partial charge in [0.15, 0.2) is 5.82 Å². The highest BCUT2D eigenvalue weighted by atomic mass is 15.1. The highest BCUT2D eigenvalue weighted by Crippen LogP contribution is 2.38. The third-order valence-electron chi connectivity index (χ3n) is 7.20. The van der Waals surface area contributed by atoms with Gasteiger partial charge in [-0.05, 0) is 40.7 Å². The van der Waals surface area contributed by atoms with Gasteiger partial charge < -0.3 is 4.98 Å². The number of imidazole rings is 1. The van der Waals surface area contributed by atoms with E-state index in [2.05, 4.69) is 136 Å². The first-order chi connectivity index (χ1) is 16.8. The van der Waals surface area contributed by atoms with Crippen molar-refractivity contribution >= 4 is 10.9 Å². The summed E-state index contributed by atoms with van der Waals surface area (Å²) < 4.78 is 2.34. The second-order valence-corrected chi connectivity index (χ2v) is 10.7. The third-order valence-corrected chi connectivity index (χ3v) is 7.20. The van der Waals surface area contributed by atoms with E-state index in [0.717, 1.165) is 22.7 Å². The summed E-state index contributed by atoms with van der Waals surface area (Å²) >= 11 is 0. The number of aromatic nitrogens is 3. The molecule has 35 heavy (non-hydrogen) atoms. The first-order valence-corrected chi connectivity index (χ1v) is 12.6. The van der Waals surface area contributed by atoms with Crippen molar-refractivity contribution in [1.82, 2.24) is 14.5 Å². The van der Waals surface area contributed by atoms with Crippen LogP contribution >= 0.6 is 0 Å². The molecule has 2 aromatic heterocycles. The van der Waals surface area contributed by atoms with Gasteiger partial charge in [0.2, 0.25) is 0 Å². The molecule has 0 bridgehead atoms. The number of nitrogens with one attached hydrogen (secondary N) is 1. The zero-order valence-electron chi connectivity index (χ0n) is 21.6. The summed E-state index contributed by atoms with van der Waals surface area (Å²) in [7, 11) is 0. The van der Waals surface area contributed by atoms with Gasteiger partial charge in [0.05, 0.1) is 17.1 Å². The van der Waals surface area contributed by atoms with Gasteiger partial charge in [0.1, 0.15) is 0 Å². The summed E-state index contributed by atoms with van der Waals surface area (Å²) in [5, 5.41) is 1.20. The highest BCUT2D eigenvalue weighted by Gasteiger charge is 2.29. The minimum atomic E-state index is -0.238. The van der Waals surface area contributed by atoms with E-state index in [0.29, 0.717) is 11.8 Å². The number of hydrogen-bond acceptors (Lipinski definition) is 1. The molecule has 1 N–H and O–H groups in total. The molecule has 0 unspecified atom stereocenters. The van der Waals surface area contributed by atoms with Gasteiger partial charge in [-0.25, -0.2) is 4.98 Å². The molecule has 0 fully saturated rings. The molecule has 3 aromatic carbocycles. The number of hydrogen-bond donors (Lipinski definition) is 1. The van der Waals surface area contributed by atoms with Crippen molar-refractivity contribution in [1.29, 1.82) is 0 Å². The fourth-order valence-electron chi connectivity index (χ4n) is 5.03. The SMILES string of the molecule is CC(C)c1cccc(C(C)C)c1-n1cc(C(C)(C)c2ccccc2)nc1-c1cc2ccccc2[nH]1. The van der Waals surface area contributed by atoms with Crippen LogP contribution in [0.1, 0.15) is 75.8 Å². The Kier molecular flexibility index (Phi) is 5.88. The standard InChI is InChI=1S/C32H35N3/c1-21(2)25-16-12-17-26(22(3)4)30(25)35-20-29(32(5,6)24-14-8-7-9-15-24)34-31(35)28-19-23-13-10-11-18-27(23)33-28/h7-22,33H,1-6H3. The largest absolute Gasteiger partial charge is 0.352 e. The number of benzene rings is 3. The molecule has 0 aliphatic heterocycles. The Hall–Kier alpha value is -3.59. The molecular weight excluding hydrogens is 426 g/mol. The molecule has 178 valence electrons. The molecule has 0 aliphatic rings. The van der Waals surface area contributed by atoms with Crippen LogP contribution < -0.4 is 0 Å². The van der Waals surface area contributed by atoms with Gasteiger partial charge in [-0.1, -0.05) is 108 Å². The summed E-state index contributed by atoms with van der Waals surface area (Å²) in [6.45, 7) is 13.6. The van der Waals surface area contributed by atoms with E-state index < -0.39 is 0 Å². The molecule has 0 spiro atoms. The average Bonchev–Trinajstić information content (AvgIpc) is 3.49. The minimum Gasteiger partial charge on any atom is -0.352 e. The lowest BCUT2D eigenvalue weighted by molar-refractivity contribution is 0.620. The molecule has 0 radical (unpaired) electrons. The third kappa shape index (κ3) is 4.10. The summed E-state index contributed by atoms with van der Waals surface area (Å²) in [6, 6.07) is 28.1. The Morgan fingerprint density at radius 2 is 1.40 bits per heavy atom. The lowest BCUT2D eigenvalue weighted by atomic mass is 9.82. The molecule has 2 heterocycles. The van der Waals surface area contributed by atoms with Crippen LogP contribution in [0.4, 0.5) is 0 Å². The second-order valence-electron chi connectivity index (χ2n) is 10.7. The van der Waals surface area contributed by atoms with Crippen LogP contribution in [0.25, 0.3) is 28.1 Å². The molecule has 3 nitrogen and oxygen atoms in total. The average molecular weight is 462 g/mol. The van der Waals surface area contributed by atoms with Crippen LogP contribution in [0.15, 0.2) is 85.1 Å². The summed E-state index contributed by atoms with van der Waals surface area (Å²) in [5.41, 5.74) is 8.19. The zero-order valence-corrected chi connectivity index (χ0v) is 21.6. The van der Waals surface area contributed by atoms with Gasteiger partial charge in [-0.15, -0.1) is 0 Å². The van der Waals surface area contributed by atoms with Crippen molar-refractivity contribution in [2.75, 3.05) is 0 Å². The molecule has 0 saturated carbocycles. The number of H-pyrrole nitrogens is 1. The van der Waals surface area contributed by atoms with Gasteiger partial charge in [0.25, 0.3) is 0 Å². The fraction of sp³-hybridized carbons (Fsp3) is 0.281. The van der Waals surface area contributed by atoms with Crippen molar-refractivity contribution in [2.45, 2.75) is 58.8 Å². The second kappa shape index (κ2) is 8.88. The van der Waals surface area contributed by atoms with Crippen LogP contribution in [-0.2, 0) is 5.41 Å². The summed E-state index contributed by atoms with van der Waals surface area (Å²) in [4.78, 5) is 8.97. The highest BCUT2D eigenvalue weighted by molar-refractivity contribution is 5.85. The van der Waals surface area contributed by atoms with Crippen molar-refractivity contribution in [3.05, 3.63) is 107 Å². The molecule has 0 saturated heterocycles. The molecule has 0 aliphatic carbocycles. The van der Waals surface area contributed by atoms with Crippen molar-refractivity contribution in [2.24, 2.45) is 0 Å². The van der Waals surface area contributed by atoms with Crippen LogP contribution in [0.5, 0.6) is 0 Å². The maximum absolute atomic E-state index is 5.33. The number of rotatable bonds is 6.